The second-order valence-corrected chi connectivity index (χ2v) is 13.2. The highest BCUT2D eigenvalue weighted by atomic mass is 19.4. The highest BCUT2D eigenvalue weighted by molar-refractivity contribution is 5.89. The summed E-state index contributed by atoms with van der Waals surface area (Å²) in [6, 6.07) is 1.46. The molecule has 1 aromatic carbocycles. The summed E-state index contributed by atoms with van der Waals surface area (Å²) in [4.78, 5) is 31.8. The standard InChI is InChI=1S/C32H46F6N2O2/c1-19(2)15-39(16-20(3)4)29(41)27-11-9-10-26(28(27)30(42)40(17-21(5)6)18-22(7)8)23-12-24(31(33,34)35)14-25(13-23)32(36,37)38/h9-10,12-14,19-22,26-28H,11,15-18H2,1-8H3. The predicted octanol–water partition coefficient (Wildman–Crippen LogP) is 8.28. The molecule has 0 aromatic heterocycles. The van der Waals surface area contributed by atoms with Crippen molar-refractivity contribution in [2.75, 3.05) is 26.2 Å². The summed E-state index contributed by atoms with van der Waals surface area (Å²) in [5.74, 6) is -3.62. The maximum atomic E-state index is 14.4. The van der Waals surface area contributed by atoms with E-state index >= 15 is 0 Å². The van der Waals surface area contributed by atoms with Crippen molar-refractivity contribution < 1.29 is 35.9 Å². The molecule has 2 rings (SSSR count). The molecule has 42 heavy (non-hydrogen) atoms. The van der Waals surface area contributed by atoms with Crippen molar-refractivity contribution in [1.82, 2.24) is 9.80 Å². The van der Waals surface area contributed by atoms with Gasteiger partial charge >= 0.3 is 12.4 Å². The van der Waals surface area contributed by atoms with Crippen LogP contribution in [0.5, 0.6) is 0 Å². The van der Waals surface area contributed by atoms with Gasteiger partial charge in [-0.15, -0.1) is 0 Å². The quantitative estimate of drug-likeness (QED) is 0.188. The number of carbonyl (C=O) groups excluding carboxylic acids is 2. The minimum atomic E-state index is -5.03. The molecular formula is C32H46F6N2O2. The third-order valence-electron chi connectivity index (χ3n) is 7.12. The van der Waals surface area contributed by atoms with Crippen LogP contribution < -0.4 is 0 Å². The Morgan fingerprint density at radius 1 is 0.690 bits per heavy atom. The van der Waals surface area contributed by atoms with E-state index in [2.05, 4.69) is 0 Å². The molecule has 0 N–H and O–H groups in total. The molecule has 238 valence electrons. The molecule has 0 bridgehead atoms. The van der Waals surface area contributed by atoms with Gasteiger partial charge in [-0.2, -0.15) is 26.3 Å². The van der Waals surface area contributed by atoms with Crippen LogP contribution in [0, 0.1) is 35.5 Å². The van der Waals surface area contributed by atoms with E-state index in [1.165, 1.54) is 6.08 Å². The summed E-state index contributed by atoms with van der Waals surface area (Å²) in [6.07, 6.45) is -6.78. The van der Waals surface area contributed by atoms with Gasteiger partial charge in [0.1, 0.15) is 0 Å². The Balaban J connectivity index is 2.79. The maximum absolute atomic E-state index is 14.4. The Kier molecular flexibility index (Phi) is 12.1. The number of halogens is 6. The molecule has 0 heterocycles. The number of carbonyl (C=O) groups is 2. The van der Waals surface area contributed by atoms with E-state index in [0.29, 0.717) is 38.3 Å². The van der Waals surface area contributed by atoms with Crippen LogP contribution in [0.3, 0.4) is 0 Å². The molecule has 0 aliphatic heterocycles. The Hall–Kier alpha value is -2.52. The van der Waals surface area contributed by atoms with E-state index in [1.807, 2.05) is 55.4 Å². The van der Waals surface area contributed by atoms with Gasteiger partial charge in [-0.25, -0.2) is 0 Å². The third-order valence-corrected chi connectivity index (χ3v) is 7.12. The first-order valence-corrected chi connectivity index (χ1v) is 14.8. The van der Waals surface area contributed by atoms with E-state index in [0.717, 1.165) is 0 Å². The minimum absolute atomic E-state index is 0.0585. The molecule has 1 aliphatic rings. The lowest BCUT2D eigenvalue weighted by atomic mass is 9.71. The molecule has 1 aromatic rings. The van der Waals surface area contributed by atoms with Crippen molar-refractivity contribution in [3.63, 3.8) is 0 Å². The molecule has 1 aliphatic carbocycles. The topological polar surface area (TPSA) is 40.6 Å². The number of hydrogen-bond acceptors (Lipinski definition) is 2. The Labute approximate surface area is 246 Å². The summed E-state index contributed by atoms with van der Waals surface area (Å²) in [7, 11) is 0. The fourth-order valence-corrected chi connectivity index (χ4v) is 5.68. The lowest BCUT2D eigenvalue weighted by Gasteiger charge is -2.40. The fraction of sp³-hybridized carbons (Fsp3) is 0.688. The zero-order valence-electron chi connectivity index (χ0n) is 25.9. The number of benzene rings is 1. The van der Waals surface area contributed by atoms with Crippen LogP contribution in [0.25, 0.3) is 0 Å². The van der Waals surface area contributed by atoms with Crippen molar-refractivity contribution in [3.05, 3.63) is 47.0 Å². The summed E-state index contributed by atoms with van der Waals surface area (Å²) >= 11 is 0. The largest absolute Gasteiger partial charge is 0.416 e. The highest BCUT2D eigenvalue weighted by Gasteiger charge is 2.45. The van der Waals surface area contributed by atoms with Crippen LogP contribution in [0.1, 0.15) is 84.4 Å². The Morgan fingerprint density at radius 3 is 1.43 bits per heavy atom. The summed E-state index contributed by atoms with van der Waals surface area (Å²) < 4.78 is 82.8. The second kappa shape index (κ2) is 14.3. The van der Waals surface area contributed by atoms with Crippen molar-refractivity contribution in [3.8, 4) is 0 Å². The fourth-order valence-electron chi connectivity index (χ4n) is 5.68. The molecule has 0 radical (unpaired) electrons. The SMILES string of the molecule is CC(C)CN(CC(C)C)C(=O)C1CC=CC(c2cc(C(F)(F)F)cc(C(F)(F)F)c2)C1C(=O)N(CC(C)C)CC(C)C. The molecule has 10 heteroatoms. The number of alkyl halides is 6. The zero-order valence-corrected chi connectivity index (χ0v) is 25.9. The molecule has 0 saturated carbocycles. The number of amides is 2. The van der Waals surface area contributed by atoms with Crippen molar-refractivity contribution >= 4 is 11.8 Å². The maximum Gasteiger partial charge on any atom is 0.416 e. The summed E-state index contributed by atoms with van der Waals surface area (Å²) in [5, 5.41) is 0. The van der Waals surface area contributed by atoms with Crippen LogP contribution in [-0.2, 0) is 21.9 Å². The van der Waals surface area contributed by atoms with Gasteiger partial charge in [-0.1, -0.05) is 67.5 Å². The lowest BCUT2D eigenvalue weighted by molar-refractivity contribution is -0.148. The minimum Gasteiger partial charge on any atom is -0.342 e. The highest BCUT2D eigenvalue weighted by Crippen LogP contribution is 2.44. The molecule has 0 saturated heterocycles. The second-order valence-electron chi connectivity index (χ2n) is 13.2. The number of rotatable bonds is 11. The van der Waals surface area contributed by atoms with Gasteiger partial charge in [0.25, 0.3) is 0 Å². The molecule has 0 spiro atoms. The molecule has 0 fully saturated rings. The number of allylic oxidation sites excluding steroid dienone is 2. The Morgan fingerprint density at radius 2 is 1.07 bits per heavy atom. The van der Waals surface area contributed by atoms with Gasteiger partial charge in [-0.05, 0) is 53.9 Å². The molecule has 2 amide bonds. The number of nitrogens with zero attached hydrogens (tertiary/aromatic N) is 2. The van der Waals surface area contributed by atoms with E-state index in [9.17, 15) is 35.9 Å². The van der Waals surface area contributed by atoms with Crippen LogP contribution in [-0.4, -0.2) is 47.8 Å². The zero-order chi connectivity index (χ0) is 32.2. The van der Waals surface area contributed by atoms with E-state index in [4.69, 9.17) is 0 Å². The van der Waals surface area contributed by atoms with E-state index in [1.54, 1.807) is 15.9 Å². The van der Waals surface area contributed by atoms with Crippen LogP contribution in [0.4, 0.5) is 26.3 Å². The van der Waals surface area contributed by atoms with Gasteiger partial charge in [0.2, 0.25) is 11.8 Å². The summed E-state index contributed by atoms with van der Waals surface area (Å²) in [6.45, 7) is 17.1. The van der Waals surface area contributed by atoms with Gasteiger partial charge < -0.3 is 9.80 Å². The predicted molar refractivity (Wildman–Crippen MR) is 152 cm³/mol. The van der Waals surface area contributed by atoms with Crippen molar-refractivity contribution in [1.29, 1.82) is 0 Å². The summed E-state index contributed by atoms with van der Waals surface area (Å²) in [5.41, 5.74) is -3.16. The van der Waals surface area contributed by atoms with Crippen molar-refractivity contribution in [2.45, 2.75) is 80.1 Å². The van der Waals surface area contributed by atoms with Gasteiger partial charge in [0.15, 0.2) is 0 Å². The van der Waals surface area contributed by atoms with Gasteiger partial charge in [0.05, 0.1) is 23.0 Å². The third kappa shape index (κ3) is 9.76. The molecular weight excluding hydrogens is 558 g/mol. The Bertz CT molecular complexity index is 1040. The van der Waals surface area contributed by atoms with Gasteiger partial charge in [0, 0.05) is 32.1 Å². The smallest absolute Gasteiger partial charge is 0.342 e. The monoisotopic (exact) mass is 604 g/mol. The molecule has 3 unspecified atom stereocenters. The first kappa shape index (κ1) is 35.7. The first-order chi connectivity index (χ1) is 19.2. The van der Waals surface area contributed by atoms with Gasteiger partial charge in [-0.3, -0.25) is 9.59 Å². The van der Waals surface area contributed by atoms with E-state index in [-0.39, 0.29) is 47.6 Å². The van der Waals surface area contributed by atoms with Crippen LogP contribution >= 0.6 is 0 Å². The average Bonchev–Trinajstić information content (AvgIpc) is 2.84. The van der Waals surface area contributed by atoms with Crippen molar-refractivity contribution in [2.24, 2.45) is 35.5 Å². The normalized spacial score (nSPS) is 19.7. The first-order valence-electron chi connectivity index (χ1n) is 14.8. The van der Waals surface area contributed by atoms with Crippen LogP contribution in [0.2, 0.25) is 0 Å². The molecule has 4 nitrogen and oxygen atoms in total. The van der Waals surface area contributed by atoms with E-state index < -0.39 is 47.1 Å². The molecule has 3 atom stereocenters. The van der Waals surface area contributed by atoms with Crippen LogP contribution in [0.15, 0.2) is 30.4 Å². The number of hydrogen-bond donors (Lipinski definition) is 0. The lowest BCUT2D eigenvalue weighted by Crippen LogP contribution is -2.50. The average molecular weight is 605 g/mol.